The van der Waals surface area contributed by atoms with Gasteiger partial charge >= 0.3 is 0 Å². The highest BCUT2D eigenvalue weighted by Gasteiger charge is 2.53. The van der Waals surface area contributed by atoms with Crippen LogP contribution in [-0.2, 0) is 24.0 Å². The fraction of sp³-hybridized carbons (Fsp3) is 0.383. The summed E-state index contributed by atoms with van der Waals surface area (Å²) in [7, 11) is 4.65. The number of likely N-dealkylation sites (tertiary alicyclic amines) is 1. The van der Waals surface area contributed by atoms with Gasteiger partial charge in [-0.1, -0.05) is 44.5 Å². The number of amides is 7. The summed E-state index contributed by atoms with van der Waals surface area (Å²) in [5.41, 5.74) is 5.00. The quantitative estimate of drug-likeness (QED) is 0.0369. The third kappa shape index (κ3) is 11.9. The predicted molar refractivity (Wildman–Crippen MR) is 300 cm³/mol. The number of carbonyl (C=O) groups is 7. The molecule has 7 amide bonds. The van der Waals surface area contributed by atoms with E-state index in [0.29, 0.717) is 96.3 Å². The van der Waals surface area contributed by atoms with E-state index in [9.17, 15) is 33.6 Å². The SMILES string of the molecule is COc1ccc(C2=CN3C(=O)c4cc(OC)c(OCCCOc5cc6c(cc5OC)C(=O)N5C=C(c7ccc(NC(=O)CNC(=O)C(NC(=O)CCCCCN8C(=O)C(C)(C)C8=O)C(C)C)cc7)CC5C=N6)cc4N=CC3C2)cc1. The van der Waals surface area contributed by atoms with Crippen LogP contribution in [0, 0.1) is 11.3 Å². The minimum atomic E-state index is -0.955. The van der Waals surface area contributed by atoms with Crippen LogP contribution in [0.4, 0.5) is 17.1 Å². The lowest BCUT2D eigenvalue weighted by atomic mass is 9.82. The van der Waals surface area contributed by atoms with Gasteiger partial charge in [0.25, 0.3) is 11.8 Å². The number of methoxy groups -OCH3 is 3. The zero-order valence-electron chi connectivity index (χ0n) is 46.0. The zero-order valence-corrected chi connectivity index (χ0v) is 46.0. The van der Waals surface area contributed by atoms with Crippen LogP contribution in [0.3, 0.4) is 0 Å². The molecule has 1 fully saturated rings. The van der Waals surface area contributed by atoms with Crippen molar-refractivity contribution in [2.24, 2.45) is 21.3 Å². The van der Waals surface area contributed by atoms with Crippen molar-refractivity contribution in [1.82, 2.24) is 25.3 Å². The molecule has 3 atom stereocenters. The molecular formula is C60H66N8O12. The molecule has 5 heterocycles. The number of anilines is 1. The number of hydrogen-bond donors (Lipinski definition) is 3. The Hall–Kier alpha value is -8.81. The third-order valence-corrected chi connectivity index (χ3v) is 14.8. The van der Waals surface area contributed by atoms with E-state index in [4.69, 9.17) is 33.7 Å². The number of rotatable bonds is 23. The van der Waals surface area contributed by atoms with Crippen molar-refractivity contribution >= 4 is 82.0 Å². The summed E-state index contributed by atoms with van der Waals surface area (Å²) in [4.78, 5) is 105. The van der Waals surface area contributed by atoms with E-state index in [1.54, 1.807) is 93.4 Å². The van der Waals surface area contributed by atoms with E-state index in [2.05, 4.69) is 16.0 Å². The molecule has 3 N–H and O–H groups in total. The van der Waals surface area contributed by atoms with Crippen LogP contribution in [0.5, 0.6) is 28.7 Å². The molecule has 0 bridgehead atoms. The lowest BCUT2D eigenvalue weighted by Crippen LogP contribution is -2.63. The molecule has 80 heavy (non-hydrogen) atoms. The predicted octanol–water partition coefficient (Wildman–Crippen LogP) is 7.65. The van der Waals surface area contributed by atoms with Gasteiger partial charge in [-0.15, -0.1) is 0 Å². The van der Waals surface area contributed by atoms with Crippen molar-refractivity contribution in [3.05, 3.63) is 107 Å². The average Bonchev–Trinajstić information content (AvgIpc) is 4.12. The molecule has 5 aliphatic heterocycles. The first-order chi connectivity index (χ1) is 38.5. The number of aliphatic imine (C=N–C) groups is 2. The second-order valence-electron chi connectivity index (χ2n) is 21.0. The Balaban J connectivity index is 0.727. The van der Waals surface area contributed by atoms with Crippen molar-refractivity contribution in [3.8, 4) is 28.7 Å². The van der Waals surface area contributed by atoms with Crippen molar-refractivity contribution in [3.63, 3.8) is 0 Å². The largest absolute Gasteiger partial charge is 0.497 e. The van der Waals surface area contributed by atoms with Crippen molar-refractivity contribution in [2.45, 2.75) is 90.8 Å². The molecule has 3 unspecified atom stereocenters. The lowest BCUT2D eigenvalue weighted by molar-refractivity contribution is -0.174. The van der Waals surface area contributed by atoms with Gasteiger partial charge in [-0.25, -0.2) is 0 Å². The second-order valence-corrected chi connectivity index (χ2v) is 21.0. The molecule has 0 saturated carbocycles. The monoisotopic (exact) mass is 1090 g/mol. The Morgan fingerprint density at radius 2 is 1.18 bits per heavy atom. The number of imide groups is 1. The number of unbranched alkanes of at least 4 members (excludes halogenated alkanes) is 2. The van der Waals surface area contributed by atoms with Gasteiger partial charge in [0, 0.05) is 74.9 Å². The number of nitrogens with zero attached hydrogens (tertiary/aromatic N) is 5. The van der Waals surface area contributed by atoms with Crippen molar-refractivity contribution in [2.75, 3.05) is 52.9 Å². The fourth-order valence-electron chi connectivity index (χ4n) is 10.1. The lowest BCUT2D eigenvalue weighted by Gasteiger charge is -2.41. The van der Waals surface area contributed by atoms with Gasteiger partial charge in [-0.2, -0.15) is 0 Å². The zero-order chi connectivity index (χ0) is 56.8. The van der Waals surface area contributed by atoms with E-state index in [1.807, 2.05) is 48.8 Å². The van der Waals surface area contributed by atoms with Gasteiger partial charge in [-0.05, 0) is 91.3 Å². The maximum atomic E-state index is 14.1. The molecule has 0 aliphatic carbocycles. The van der Waals surface area contributed by atoms with Crippen molar-refractivity contribution < 1.29 is 57.2 Å². The summed E-state index contributed by atoms with van der Waals surface area (Å²) in [6, 6.07) is 20.2. The third-order valence-electron chi connectivity index (χ3n) is 14.8. The molecule has 1 saturated heterocycles. The van der Waals surface area contributed by atoms with Crippen LogP contribution >= 0.6 is 0 Å². The van der Waals surface area contributed by atoms with E-state index in [1.165, 1.54) is 19.1 Å². The van der Waals surface area contributed by atoms with Crippen LogP contribution in [-0.4, -0.2) is 134 Å². The summed E-state index contributed by atoms with van der Waals surface area (Å²) < 4.78 is 29.0. The number of β-lactam (4-membered cyclic amide) rings is 2. The Bertz CT molecular complexity index is 3200. The fourth-order valence-corrected chi connectivity index (χ4v) is 10.1. The van der Waals surface area contributed by atoms with Gasteiger partial charge in [0.15, 0.2) is 23.0 Å². The molecule has 4 aromatic rings. The van der Waals surface area contributed by atoms with E-state index < -0.39 is 23.3 Å². The van der Waals surface area contributed by atoms with Crippen LogP contribution in [0.25, 0.3) is 11.1 Å². The summed E-state index contributed by atoms with van der Waals surface area (Å²) in [6.45, 7) is 7.33. The number of carbonyl (C=O) groups excluding carboxylic acids is 7. The van der Waals surface area contributed by atoms with Crippen LogP contribution < -0.4 is 39.6 Å². The van der Waals surface area contributed by atoms with Crippen LogP contribution in [0.2, 0.25) is 0 Å². The van der Waals surface area contributed by atoms with Gasteiger partial charge in [-0.3, -0.25) is 48.4 Å². The molecule has 9 rings (SSSR count). The molecule has 20 heteroatoms. The summed E-state index contributed by atoms with van der Waals surface area (Å²) >= 11 is 0. The van der Waals surface area contributed by atoms with Crippen LogP contribution in [0.15, 0.2) is 95.2 Å². The average molecular weight is 1090 g/mol. The Kier molecular flexibility index (Phi) is 16.8. The highest BCUT2D eigenvalue weighted by molar-refractivity contribution is 6.21. The van der Waals surface area contributed by atoms with Gasteiger partial charge in [0.2, 0.25) is 29.5 Å². The topological polar surface area (TPSA) is 236 Å². The number of fused-ring (bicyclic) bond motifs is 4. The van der Waals surface area contributed by atoms with Crippen LogP contribution in [0.1, 0.15) is 104 Å². The molecule has 0 radical (unpaired) electrons. The van der Waals surface area contributed by atoms with E-state index in [0.717, 1.165) is 28.0 Å². The number of hydrogen-bond acceptors (Lipinski definition) is 14. The molecule has 0 aromatic heterocycles. The number of nitrogens with one attached hydrogen (secondary N) is 3. The first-order valence-corrected chi connectivity index (χ1v) is 26.8. The van der Waals surface area contributed by atoms with Crippen molar-refractivity contribution in [1.29, 1.82) is 0 Å². The maximum absolute atomic E-state index is 14.1. The molecular weight excluding hydrogens is 1020 g/mol. The molecule has 0 spiro atoms. The molecule has 20 nitrogen and oxygen atoms in total. The Labute approximate surface area is 464 Å². The normalized spacial score (nSPS) is 17.9. The summed E-state index contributed by atoms with van der Waals surface area (Å²) in [6.07, 6.45) is 10.7. The molecule has 418 valence electrons. The number of benzene rings is 4. The Morgan fingerprint density at radius 3 is 1.68 bits per heavy atom. The number of ether oxygens (including phenoxy) is 5. The molecule has 5 aliphatic rings. The minimum absolute atomic E-state index is 0.174. The summed E-state index contributed by atoms with van der Waals surface area (Å²) in [5.74, 6) is 0.0645. The first kappa shape index (κ1) is 55.9. The second kappa shape index (κ2) is 24.1. The maximum Gasteiger partial charge on any atom is 0.260 e. The molecule has 4 aromatic carbocycles. The smallest absolute Gasteiger partial charge is 0.260 e. The van der Waals surface area contributed by atoms with E-state index >= 15 is 0 Å². The highest BCUT2D eigenvalue weighted by atomic mass is 16.5. The van der Waals surface area contributed by atoms with Gasteiger partial charge in [0.1, 0.15) is 17.2 Å². The summed E-state index contributed by atoms with van der Waals surface area (Å²) in [5, 5.41) is 8.19. The highest BCUT2D eigenvalue weighted by Crippen LogP contribution is 2.42. The van der Waals surface area contributed by atoms with E-state index in [-0.39, 0.29) is 73.7 Å². The van der Waals surface area contributed by atoms with Gasteiger partial charge in [0.05, 0.1) is 75.7 Å². The Morgan fingerprint density at radius 1 is 0.650 bits per heavy atom. The van der Waals surface area contributed by atoms with Gasteiger partial charge < -0.3 is 49.4 Å². The standard InChI is InChI=1S/C60H66N8O12/c1-35(2)54(65-52(69)12-9-8-10-21-66-58(74)60(3,4)59(66)75)55(71)63-32-53(70)64-40-17-13-36(14-18-40)38-24-41-30-61-46-28-50(48(77-6)26-44(46)56(72)67(41)33-38)79-22-11-23-80-51-29-47-45(27-49(51)78-7)57(73)68-34-39(25-42(68)31-62-47)37-15-19-43(76-5)20-16-37/h13-20,26-31,33-35,41-42,54H,8-12,21-25,32H2,1-7H3,(H,63,71)(H,64,70)(H,65,69). The first-order valence-electron chi connectivity index (χ1n) is 26.8. The minimum Gasteiger partial charge on any atom is -0.497 e.